The molecule has 0 aromatic heterocycles. The molecule has 0 spiro atoms. The minimum Gasteiger partial charge on any atom is -0.344 e. The highest BCUT2D eigenvalue weighted by atomic mass is 35.5. The lowest BCUT2D eigenvalue weighted by molar-refractivity contribution is -0.149. The highest BCUT2D eigenvalue weighted by molar-refractivity contribution is 6.35. The first-order chi connectivity index (χ1) is 9.25. The van der Waals surface area contributed by atoms with Gasteiger partial charge < -0.3 is 10.2 Å². The van der Waals surface area contributed by atoms with Crippen LogP contribution in [-0.4, -0.2) is 28.8 Å². The van der Waals surface area contributed by atoms with Gasteiger partial charge in [0.05, 0.1) is 0 Å². The number of carbonyl (C=O) groups excluding carboxylic acids is 2. The van der Waals surface area contributed by atoms with Gasteiger partial charge in [0.25, 0.3) is 0 Å². The number of halogens is 1. The fourth-order valence-corrected chi connectivity index (χ4v) is 2.03. The van der Waals surface area contributed by atoms with E-state index >= 15 is 0 Å². The average Bonchev–Trinajstić information content (AvgIpc) is 2.36. The van der Waals surface area contributed by atoms with Gasteiger partial charge in [0.2, 0.25) is 0 Å². The highest BCUT2D eigenvalue weighted by Gasteiger charge is 2.29. The Balaban J connectivity index is 2.62. The molecule has 1 aromatic rings. The van der Waals surface area contributed by atoms with Gasteiger partial charge in [-0.15, -0.1) is 0 Å². The van der Waals surface area contributed by atoms with Gasteiger partial charge >= 0.3 is 11.8 Å². The predicted molar refractivity (Wildman–Crippen MR) is 80.4 cm³/mol. The zero-order chi connectivity index (χ0) is 15.3. The third-order valence-electron chi connectivity index (χ3n) is 2.93. The molecular formula is C15H21ClN2O2. The molecule has 4 nitrogen and oxygen atoms in total. The third kappa shape index (κ3) is 4.53. The Morgan fingerprint density at radius 2 is 1.75 bits per heavy atom. The van der Waals surface area contributed by atoms with Crippen molar-refractivity contribution in [1.82, 2.24) is 10.2 Å². The molecule has 1 rings (SSSR count). The van der Waals surface area contributed by atoms with E-state index in [9.17, 15) is 9.59 Å². The number of hydrogen-bond acceptors (Lipinski definition) is 2. The van der Waals surface area contributed by atoms with Crippen LogP contribution in [0.5, 0.6) is 0 Å². The number of nitrogens with zero attached hydrogens (tertiary/aromatic N) is 1. The molecule has 2 amide bonds. The Morgan fingerprint density at radius 1 is 1.20 bits per heavy atom. The van der Waals surface area contributed by atoms with Crippen LogP contribution in [0.25, 0.3) is 0 Å². The molecular weight excluding hydrogens is 276 g/mol. The number of benzene rings is 1. The van der Waals surface area contributed by atoms with Crippen molar-refractivity contribution in [2.24, 2.45) is 0 Å². The van der Waals surface area contributed by atoms with Crippen molar-refractivity contribution in [3.63, 3.8) is 0 Å². The van der Waals surface area contributed by atoms with Gasteiger partial charge in [0, 0.05) is 23.7 Å². The van der Waals surface area contributed by atoms with Gasteiger partial charge in [-0.25, -0.2) is 0 Å². The highest BCUT2D eigenvalue weighted by Crippen LogP contribution is 2.13. The van der Waals surface area contributed by atoms with Crippen molar-refractivity contribution >= 4 is 23.4 Å². The Hall–Kier alpha value is -1.55. The molecule has 0 saturated carbocycles. The van der Waals surface area contributed by atoms with Crippen molar-refractivity contribution in [2.45, 2.75) is 39.8 Å². The van der Waals surface area contributed by atoms with Gasteiger partial charge in [-0.05, 0) is 45.4 Å². The first-order valence-electron chi connectivity index (χ1n) is 6.60. The van der Waals surface area contributed by atoms with E-state index in [1.807, 2.05) is 39.8 Å². The van der Waals surface area contributed by atoms with E-state index in [1.165, 1.54) is 0 Å². The Labute approximate surface area is 125 Å². The Bertz CT molecular complexity index is 478. The number of hydrogen-bond donors (Lipinski definition) is 1. The van der Waals surface area contributed by atoms with Gasteiger partial charge in [-0.1, -0.05) is 23.7 Å². The van der Waals surface area contributed by atoms with E-state index in [2.05, 4.69) is 5.32 Å². The molecule has 0 bridgehead atoms. The summed E-state index contributed by atoms with van der Waals surface area (Å²) in [5.74, 6) is -1.09. The second-order valence-electron chi connectivity index (χ2n) is 5.53. The van der Waals surface area contributed by atoms with Crippen LogP contribution in [0.3, 0.4) is 0 Å². The summed E-state index contributed by atoms with van der Waals surface area (Å²) in [7, 11) is 0. The maximum atomic E-state index is 12.1. The van der Waals surface area contributed by atoms with Crippen LogP contribution >= 0.6 is 11.6 Å². The molecule has 0 aliphatic carbocycles. The van der Waals surface area contributed by atoms with Crippen LogP contribution in [0.15, 0.2) is 24.3 Å². The van der Waals surface area contributed by atoms with Crippen molar-refractivity contribution in [1.29, 1.82) is 0 Å². The van der Waals surface area contributed by atoms with Crippen molar-refractivity contribution < 1.29 is 9.59 Å². The molecule has 0 radical (unpaired) electrons. The normalized spacial score (nSPS) is 11.1. The van der Waals surface area contributed by atoms with E-state index in [-0.39, 0.29) is 5.54 Å². The molecule has 1 N–H and O–H groups in total. The van der Waals surface area contributed by atoms with E-state index in [1.54, 1.807) is 17.0 Å². The summed E-state index contributed by atoms with van der Waals surface area (Å²) in [6.45, 7) is 8.37. The minimum atomic E-state index is -0.586. The summed E-state index contributed by atoms with van der Waals surface area (Å²) in [6, 6.07) is 7.12. The second-order valence-corrected chi connectivity index (χ2v) is 5.97. The largest absolute Gasteiger partial charge is 0.344 e. The quantitative estimate of drug-likeness (QED) is 0.872. The molecule has 5 heteroatoms. The predicted octanol–water partition coefficient (Wildman–Crippen LogP) is 2.60. The number of likely N-dealkylation sites (N-methyl/N-ethyl adjacent to an activating group) is 1. The van der Waals surface area contributed by atoms with Crippen molar-refractivity contribution in [3.05, 3.63) is 34.9 Å². The Kier molecular flexibility index (Phi) is 5.57. The summed E-state index contributed by atoms with van der Waals surface area (Å²) in [6.07, 6.45) is 0. The summed E-state index contributed by atoms with van der Waals surface area (Å²) < 4.78 is 0. The van der Waals surface area contributed by atoms with E-state index in [0.717, 1.165) is 5.56 Å². The number of nitrogens with one attached hydrogen (secondary N) is 1. The van der Waals surface area contributed by atoms with E-state index < -0.39 is 11.8 Å². The minimum absolute atomic E-state index is 0.309. The van der Waals surface area contributed by atoms with Gasteiger partial charge in [-0.3, -0.25) is 9.59 Å². The van der Waals surface area contributed by atoms with Crippen LogP contribution in [0.2, 0.25) is 5.02 Å². The van der Waals surface area contributed by atoms with Gasteiger partial charge in [0.1, 0.15) is 0 Å². The zero-order valence-electron chi connectivity index (χ0n) is 12.4. The summed E-state index contributed by atoms with van der Waals surface area (Å²) >= 11 is 5.79. The summed E-state index contributed by atoms with van der Waals surface area (Å²) in [4.78, 5) is 25.5. The van der Waals surface area contributed by atoms with Crippen LogP contribution in [0, 0.1) is 0 Å². The smallest absolute Gasteiger partial charge is 0.312 e. The van der Waals surface area contributed by atoms with Crippen molar-refractivity contribution in [3.8, 4) is 0 Å². The molecule has 0 aliphatic heterocycles. The fourth-order valence-electron chi connectivity index (χ4n) is 1.91. The maximum Gasteiger partial charge on any atom is 0.312 e. The van der Waals surface area contributed by atoms with Gasteiger partial charge in [0.15, 0.2) is 0 Å². The topological polar surface area (TPSA) is 49.4 Å². The number of carbonyl (C=O) groups is 2. The van der Waals surface area contributed by atoms with Crippen LogP contribution in [0.4, 0.5) is 0 Å². The van der Waals surface area contributed by atoms with Crippen LogP contribution in [0.1, 0.15) is 33.3 Å². The monoisotopic (exact) mass is 296 g/mol. The lowest BCUT2D eigenvalue weighted by Crippen LogP contribution is -2.51. The van der Waals surface area contributed by atoms with E-state index in [0.29, 0.717) is 18.1 Å². The first kappa shape index (κ1) is 16.5. The van der Waals surface area contributed by atoms with Gasteiger partial charge in [-0.2, -0.15) is 0 Å². The zero-order valence-corrected chi connectivity index (χ0v) is 13.1. The lowest BCUT2D eigenvalue weighted by atomic mass is 10.1. The second kappa shape index (κ2) is 6.75. The number of rotatable bonds is 3. The lowest BCUT2D eigenvalue weighted by Gasteiger charge is -2.34. The SMILES string of the molecule is CCN(C(=O)C(=O)NCc1ccc(Cl)cc1)C(C)(C)C. The molecule has 0 saturated heterocycles. The van der Waals surface area contributed by atoms with Crippen LogP contribution in [-0.2, 0) is 16.1 Å². The molecule has 0 heterocycles. The molecule has 0 fully saturated rings. The van der Waals surface area contributed by atoms with Crippen molar-refractivity contribution in [2.75, 3.05) is 6.54 Å². The molecule has 0 atom stereocenters. The molecule has 110 valence electrons. The molecule has 0 unspecified atom stereocenters. The maximum absolute atomic E-state index is 12.1. The molecule has 0 aliphatic rings. The number of amides is 2. The van der Waals surface area contributed by atoms with E-state index in [4.69, 9.17) is 11.6 Å². The fraction of sp³-hybridized carbons (Fsp3) is 0.467. The molecule has 20 heavy (non-hydrogen) atoms. The molecule has 1 aromatic carbocycles. The third-order valence-corrected chi connectivity index (χ3v) is 3.18. The van der Waals surface area contributed by atoms with Crippen LogP contribution < -0.4 is 5.32 Å². The standard InChI is InChI=1S/C15H21ClN2O2/c1-5-18(15(2,3)4)14(20)13(19)17-10-11-6-8-12(16)9-7-11/h6-9H,5,10H2,1-4H3,(H,17,19). The first-order valence-corrected chi connectivity index (χ1v) is 6.97. The summed E-state index contributed by atoms with van der Waals surface area (Å²) in [5.41, 5.74) is 0.526. The summed E-state index contributed by atoms with van der Waals surface area (Å²) in [5, 5.41) is 3.27. The average molecular weight is 297 g/mol. The Morgan fingerprint density at radius 3 is 2.20 bits per heavy atom.